The summed E-state index contributed by atoms with van der Waals surface area (Å²) in [6.07, 6.45) is -4.57. The number of carbonyl (C=O) groups is 2. The van der Waals surface area contributed by atoms with Gasteiger partial charge >= 0.3 is 12.1 Å². The van der Waals surface area contributed by atoms with Gasteiger partial charge in [-0.2, -0.15) is 13.2 Å². The Morgan fingerprint density at radius 2 is 1.88 bits per heavy atom. The first-order valence-corrected chi connectivity index (χ1v) is 4.75. The van der Waals surface area contributed by atoms with Crippen molar-refractivity contribution in [3.05, 3.63) is 35.4 Å². The molecule has 0 spiro atoms. The number of halogens is 4. The Kier molecular flexibility index (Phi) is 3.77. The fraction of sp³-hybridized carbons (Fsp3) is 0.200. The van der Waals surface area contributed by atoms with Crippen molar-refractivity contribution in [3.8, 4) is 0 Å². The average molecular weight is 267 g/mol. The number of ketones is 1. The van der Waals surface area contributed by atoms with E-state index >= 15 is 0 Å². The SMILES string of the molecule is O=C(O)C(=O)C(Cl)c1cccc(C(F)(F)F)c1. The molecule has 0 radical (unpaired) electrons. The molecule has 1 unspecified atom stereocenters. The van der Waals surface area contributed by atoms with Gasteiger partial charge in [0, 0.05) is 0 Å². The standard InChI is InChI=1S/C10H6ClF3O3/c11-7(8(15)9(16)17)5-2-1-3-6(4-5)10(12,13)14/h1-4,7H,(H,16,17). The van der Waals surface area contributed by atoms with Crippen molar-refractivity contribution < 1.29 is 27.9 Å². The van der Waals surface area contributed by atoms with Crippen molar-refractivity contribution in [2.45, 2.75) is 11.6 Å². The van der Waals surface area contributed by atoms with E-state index in [1.54, 1.807) is 0 Å². The lowest BCUT2D eigenvalue weighted by Crippen LogP contribution is -2.18. The summed E-state index contributed by atoms with van der Waals surface area (Å²) < 4.78 is 37.0. The molecule has 17 heavy (non-hydrogen) atoms. The molecule has 1 aromatic rings. The zero-order valence-corrected chi connectivity index (χ0v) is 8.92. The second kappa shape index (κ2) is 4.75. The van der Waals surface area contributed by atoms with Gasteiger partial charge in [-0.05, 0) is 17.7 Å². The molecule has 0 amide bonds. The smallest absolute Gasteiger partial charge is 0.416 e. The van der Waals surface area contributed by atoms with E-state index in [1.165, 1.54) is 0 Å². The number of carboxylic acid groups (broad SMARTS) is 1. The maximum absolute atomic E-state index is 12.3. The summed E-state index contributed by atoms with van der Waals surface area (Å²) in [6, 6.07) is 3.67. The summed E-state index contributed by atoms with van der Waals surface area (Å²) in [5, 5.41) is 6.76. The highest BCUT2D eigenvalue weighted by Crippen LogP contribution is 2.32. The van der Waals surface area contributed by atoms with Crippen LogP contribution in [0.15, 0.2) is 24.3 Å². The van der Waals surface area contributed by atoms with Crippen LogP contribution in [0, 0.1) is 0 Å². The second-order valence-corrected chi connectivity index (χ2v) is 3.59. The topological polar surface area (TPSA) is 54.4 Å². The van der Waals surface area contributed by atoms with E-state index in [4.69, 9.17) is 16.7 Å². The Morgan fingerprint density at radius 1 is 1.29 bits per heavy atom. The first-order valence-electron chi connectivity index (χ1n) is 4.32. The molecular weight excluding hydrogens is 261 g/mol. The molecule has 0 aliphatic rings. The molecule has 0 aliphatic carbocycles. The fourth-order valence-corrected chi connectivity index (χ4v) is 1.36. The van der Waals surface area contributed by atoms with Crippen molar-refractivity contribution in [1.82, 2.24) is 0 Å². The van der Waals surface area contributed by atoms with Crippen molar-refractivity contribution in [2.75, 3.05) is 0 Å². The van der Waals surface area contributed by atoms with Gasteiger partial charge in [0.05, 0.1) is 5.56 Å². The van der Waals surface area contributed by atoms with Crippen LogP contribution in [0.3, 0.4) is 0 Å². The number of benzene rings is 1. The van der Waals surface area contributed by atoms with Gasteiger partial charge in [0.2, 0.25) is 0 Å². The number of rotatable bonds is 3. The van der Waals surface area contributed by atoms with Crippen molar-refractivity contribution in [2.24, 2.45) is 0 Å². The maximum atomic E-state index is 12.3. The van der Waals surface area contributed by atoms with Gasteiger partial charge in [0.25, 0.3) is 5.78 Å². The van der Waals surface area contributed by atoms with Crippen LogP contribution in [0.1, 0.15) is 16.5 Å². The molecule has 0 saturated carbocycles. The third-order valence-electron chi connectivity index (χ3n) is 1.95. The first kappa shape index (κ1) is 13.5. The van der Waals surface area contributed by atoms with Gasteiger partial charge in [0.15, 0.2) is 0 Å². The van der Waals surface area contributed by atoms with E-state index in [-0.39, 0.29) is 5.56 Å². The Bertz CT molecular complexity index is 456. The van der Waals surface area contributed by atoms with Crippen LogP contribution in [0.4, 0.5) is 13.2 Å². The summed E-state index contributed by atoms with van der Waals surface area (Å²) in [6.45, 7) is 0. The van der Waals surface area contributed by atoms with Gasteiger partial charge in [-0.25, -0.2) is 4.79 Å². The van der Waals surface area contributed by atoms with E-state index in [0.29, 0.717) is 6.07 Å². The molecule has 0 aliphatic heterocycles. The van der Waals surface area contributed by atoms with Crippen LogP contribution < -0.4 is 0 Å². The van der Waals surface area contributed by atoms with E-state index < -0.39 is 28.9 Å². The highest BCUT2D eigenvalue weighted by Gasteiger charge is 2.32. The summed E-state index contributed by atoms with van der Waals surface area (Å²) in [4.78, 5) is 21.3. The minimum Gasteiger partial charge on any atom is -0.475 e. The number of hydrogen-bond acceptors (Lipinski definition) is 2. The fourth-order valence-electron chi connectivity index (χ4n) is 1.13. The first-order chi connectivity index (χ1) is 7.73. The zero-order valence-electron chi connectivity index (χ0n) is 8.16. The van der Waals surface area contributed by atoms with Crippen molar-refractivity contribution >= 4 is 23.4 Å². The number of carbonyl (C=O) groups excluding carboxylic acids is 1. The number of aliphatic carboxylic acids is 1. The van der Waals surface area contributed by atoms with E-state index in [9.17, 15) is 22.8 Å². The molecule has 0 bridgehead atoms. The zero-order chi connectivity index (χ0) is 13.2. The molecule has 3 nitrogen and oxygen atoms in total. The average Bonchev–Trinajstić information content (AvgIpc) is 2.26. The molecular formula is C10H6ClF3O3. The largest absolute Gasteiger partial charge is 0.475 e. The lowest BCUT2D eigenvalue weighted by Gasteiger charge is -2.10. The number of alkyl halides is 4. The molecule has 92 valence electrons. The van der Waals surface area contributed by atoms with Crippen LogP contribution in [-0.4, -0.2) is 16.9 Å². The van der Waals surface area contributed by atoms with E-state index in [1.807, 2.05) is 0 Å². The number of carboxylic acids is 1. The molecule has 0 aromatic heterocycles. The van der Waals surface area contributed by atoms with Crippen molar-refractivity contribution in [3.63, 3.8) is 0 Å². The maximum Gasteiger partial charge on any atom is 0.416 e. The molecule has 1 N–H and O–H groups in total. The lowest BCUT2D eigenvalue weighted by molar-refractivity contribution is -0.148. The van der Waals surface area contributed by atoms with Gasteiger partial charge in [-0.1, -0.05) is 12.1 Å². The third-order valence-corrected chi connectivity index (χ3v) is 2.40. The van der Waals surface area contributed by atoms with Crippen LogP contribution >= 0.6 is 11.6 Å². The summed E-state index contributed by atoms with van der Waals surface area (Å²) in [5.74, 6) is -3.16. The lowest BCUT2D eigenvalue weighted by atomic mass is 10.1. The molecule has 0 saturated heterocycles. The van der Waals surface area contributed by atoms with Gasteiger partial charge in [0.1, 0.15) is 5.38 Å². The van der Waals surface area contributed by atoms with Crippen LogP contribution in [0.5, 0.6) is 0 Å². The Hall–Kier alpha value is -1.56. The molecule has 1 aromatic carbocycles. The second-order valence-electron chi connectivity index (χ2n) is 3.16. The van der Waals surface area contributed by atoms with Crippen LogP contribution in [-0.2, 0) is 15.8 Å². The Labute approximate surface area is 98.8 Å². The quantitative estimate of drug-likeness (QED) is 0.676. The predicted octanol–water partition coefficient (Wildman–Crippen LogP) is 2.64. The van der Waals surface area contributed by atoms with Gasteiger partial charge in [-0.15, -0.1) is 11.6 Å². The van der Waals surface area contributed by atoms with Gasteiger partial charge < -0.3 is 5.11 Å². The molecule has 0 heterocycles. The van der Waals surface area contributed by atoms with Gasteiger partial charge in [-0.3, -0.25) is 4.79 Å². The molecule has 1 rings (SSSR count). The molecule has 0 fully saturated rings. The number of Topliss-reactive ketones (excluding diaryl/α,β-unsaturated/α-hetero) is 1. The van der Waals surface area contributed by atoms with E-state index in [2.05, 4.69) is 0 Å². The van der Waals surface area contributed by atoms with Crippen molar-refractivity contribution in [1.29, 1.82) is 0 Å². The number of hydrogen-bond donors (Lipinski definition) is 1. The summed E-state index contributed by atoms with van der Waals surface area (Å²) in [5.41, 5.74) is -1.19. The molecule has 7 heteroatoms. The monoisotopic (exact) mass is 266 g/mol. The van der Waals surface area contributed by atoms with Crippen LogP contribution in [0.2, 0.25) is 0 Å². The minimum atomic E-state index is -4.57. The molecule has 1 atom stereocenters. The minimum absolute atomic E-state index is 0.200. The summed E-state index contributed by atoms with van der Waals surface area (Å²) in [7, 11) is 0. The third kappa shape index (κ3) is 3.20. The van der Waals surface area contributed by atoms with E-state index in [0.717, 1.165) is 18.2 Å². The Morgan fingerprint density at radius 3 is 2.35 bits per heavy atom. The Balaban J connectivity index is 3.08. The highest BCUT2D eigenvalue weighted by molar-refractivity contribution is 6.47. The highest BCUT2D eigenvalue weighted by atomic mass is 35.5. The predicted molar refractivity (Wildman–Crippen MR) is 52.7 cm³/mol. The normalized spacial score (nSPS) is 13.2. The van der Waals surface area contributed by atoms with Crippen LogP contribution in [0.25, 0.3) is 0 Å². The summed E-state index contributed by atoms with van der Waals surface area (Å²) >= 11 is 5.48.